The quantitative estimate of drug-likeness (QED) is 0.712. The zero-order chi connectivity index (χ0) is 19.4. The van der Waals surface area contributed by atoms with Crippen molar-refractivity contribution in [2.75, 3.05) is 40.5 Å². The van der Waals surface area contributed by atoms with Gasteiger partial charge in [-0.05, 0) is 43.0 Å². The van der Waals surface area contributed by atoms with Crippen LogP contribution in [0, 0.1) is 11.2 Å². The second kappa shape index (κ2) is 8.19. The lowest BCUT2D eigenvalue weighted by Crippen LogP contribution is -2.61. The Morgan fingerprint density at radius 2 is 2.15 bits per heavy atom. The number of carbonyl (C=O) groups is 1. The van der Waals surface area contributed by atoms with Crippen molar-refractivity contribution in [3.8, 4) is 5.75 Å². The topological polar surface area (TPSA) is 71.9 Å². The number of pyridine rings is 1. The van der Waals surface area contributed by atoms with Gasteiger partial charge in [0.25, 0.3) is 0 Å². The number of aliphatic hydroxyl groups is 1. The van der Waals surface area contributed by atoms with Crippen molar-refractivity contribution in [3.63, 3.8) is 0 Å². The highest BCUT2D eigenvalue weighted by Gasteiger charge is 2.49. The maximum Gasteiger partial charge on any atom is 0.314 e. The maximum atomic E-state index is 14.4. The third-order valence-electron chi connectivity index (χ3n) is 5.30. The molecule has 0 atom stereocenters. The number of benzene rings is 1. The molecule has 2 heterocycles. The summed E-state index contributed by atoms with van der Waals surface area (Å²) in [6.45, 7) is 1.73. The number of aliphatic hydroxyl groups excluding tert-OH is 1. The van der Waals surface area contributed by atoms with Crippen molar-refractivity contribution in [1.82, 2.24) is 9.88 Å². The highest BCUT2D eigenvalue weighted by atomic mass is 19.1. The van der Waals surface area contributed by atoms with Crippen LogP contribution in [0.3, 0.4) is 0 Å². The number of nitrogens with zero attached hydrogens (tertiary/aromatic N) is 2. The van der Waals surface area contributed by atoms with E-state index in [4.69, 9.17) is 14.6 Å². The molecule has 1 saturated heterocycles. The summed E-state index contributed by atoms with van der Waals surface area (Å²) in [5.41, 5.74) is 0.735. The van der Waals surface area contributed by atoms with E-state index in [1.165, 1.54) is 13.3 Å². The monoisotopic (exact) mass is 376 g/mol. The molecule has 0 bridgehead atoms. The van der Waals surface area contributed by atoms with Crippen LogP contribution in [-0.2, 0) is 16.0 Å². The SMILES string of the molecule is COC(=O)C1(CCCc2c(F)cnc3ccc(OC)cc23)CN(CCO)C1. The van der Waals surface area contributed by atoms with E-state index in [2.05, 4.69) is 4.98 Å². The lowest BCUT2D eigenvalue weighted by Gasteiger charge is -2.48. The fourth-order valence-corrected chi connectivity index (χ4v) is 3.90. The number of methoxy groups -OCH3 is 2. The molecule has 1 aliphatic rings. The number of hydrogen-bond donors (Lipinski definition) is 1. The molecule has 1 aliphatic heterocycles. The molecule has 1 N–H and O–H groups in total. The molecule has 3 rings (SSSR count). The normalized spacial score (nSPS) is 16.1. The van der Waals surface area contributed by atoms with Gasteiger partial charge in [0.15, 0.2) is 0 Å². The first kappa shape index (κ1) is 19.5. The van der Waals surface area contributed by atoms with Gasteiger partial charge in [0, 0.05) is 25.0 Å². The van der Waals surface area contributed by atoms with E-state index in [1.54, 1.807) is 19.2 Å². The van der Waals surface area contributed by atoms with Crippen molar-refractivity contribution in [1.29, 1.82) is 0 Å². The Hall–Kier alpha value is -2.25. The van der Waals surface area contributed by atoms with Gasteiger partial charge in [0.1, 0.15) is 11.6 Å². The van der Waals surface area contributed by atoms with Crippen molar-refractivity contribution < 1.29 is 23.8 Å². The minimum absolute atomic E-state index is 0.0628. The van der Waals surface area contributed by atoms with Gasteiger partial charge in [-0.15, -0.1) is 0 Å². The Morgan fingerprint density at radius 3 is 2.81 bits per heavy atom. The Balaban J connectivity index is 1.74. The van der Waals surface area contributed by atoms with Crippen LogP contribution in [0.25, 0.3) is 10.9 Å². The van der Waals surface area contributed by atoms with Crippen LogP contribution in [0.15, 0.2) is 24.4 Å². The van der Waals surface area contributed by atoms with Gasteiger partial charge in [0.2, 0.25) is 0 Å². The first-order chi connectivity index (χ1) is 13.0. The number of likely N-dealkylation sites (tertiary alicyclic amines) is 1. The van der Waals surface area contributed by atoms with Crippen LogP contribution in [0.1, 0.15) is 18.4 Å². The Labute approximate surface area is 157 Å². The molecule has 1 aromatic carbocycles. The Kier molecular flexibility index (Phi) is 5.92. The number of fused-ring (bicyclic) bond motifs is 1. The van der Waals surface area contributed by atoms with Gasteiger partial charge in [-0.3, -0.25) is 14.7 Å². The van der Waals surface area contributed by atoms with Crippen LogP contribution in [-0.4, -0.2) is 61.4 Å². The minimum Gasteiger partial charge on any atom is -0.497 e. The number of esters is 1. The second-order valence-electron chi connectivity index (χ2n) is 7.03. The number of ether oxygens (including phenoxy) is 2. The Morgan fingerprint density at radius 1 is 1.37 bits per heavy atom. The van der Waals surface area contributed by atoms with E-state index in [9.17, 15) is 9.18 Å². The van der Waals surface area contributed by atoms with Gasteiger partial charge in [-0.1, -0.05) is 0 Å². The number of hydrogen-bond acceptors (Lipinski definition) is 6. The first-order valence-corrected chi connectivity index (χ1v) is 9.06. The molecule has 0 aliphatic carbocycles. The van der Waals surface area contributed by atoms with Gasteiger partial charge < -0.3 is 14.6 Å². The van der Waals surface area contributed by atoms with Gasteiger partial charge in [0.05, 0.1) is 38.0 Å². The number of aryl methyl sites for hydroxylation is 1. The third kappa shape index (κ3) is 3.89. The van der Waals surface area contributed by atoms with Crippen LogP contribution < -0.4 is 4.74 Å². The molecule has 0 spiro atoms. The molecule has 1 fully saturated rings. The summed E-state index contributed by atoms with van der Waals surface area (Å²) in [5, 5.41) is 9.78. The maximum absolute atomic E-state index is 14.4. The molecule has 0 amide bonds. The van der Waals surface area contributed by atoms with E-state index in [-0.39, 0.29) is 18.4 Å². The molecule has 0 unspecified atom stereocenters. The molecular formula is C20H25FN2O4. The zero-order valence-electron chi connectivity index (χ0n) is 15.7. The lowest BCUT2D eigenvalue weighted by atomic mass is 9.75. The molecule has 27 heavy (non-hydrogen) atoms. The van der Waals surface area contributed by atoms with Gasteiger partial charge in [-0.25, -0.2) is 4.39 Å². The summed E-state index contributed by atoms with van der Waals surface area (Å²) in [6.07, 6.45) is 2.99. The van der Waals surface area contributed by atoms with E-state index in [0.717, 1.165) is 5.39 Å². The van der Waals surface area contributed by atoms with E-state index in [1.807, 2.05) is 11.0 Å². The fraction of sp³-hybridized carbons (Fsp3) is 0.500. The summed E-state index contributed by atoms with van der Waals surface area (Å²) in [4.78, 5) is 18.4. The van der Waals surface area contributed by atoms with Crippen molar-refractivity contribution in [2.24, 2.45) is 5.41 Å². The number of carbonyl (C=O) groups excluding carboxylic acids is 1. The summed E-state index contributed by atoms with van der Waals surface area (Å²) in [7, 11) is 2.96. The van der Waals surface area contributed by atoms with Crippen molar-refractivity contribution in [2.45, 2.75) is 19.3 Å². The smallest absolute Gasteiger partial charge is 0.314 e. The molecule has 146 valence electrons. The van der Waals surface area contributed by atoms with E-state index >= 15 is 0 Å². The van der Waals surface area contributed by atoms with Crippen LogP contribution in [0.5, 0.6) is 5.75 Å². The van der Waals surface area contributed by atoms with E-state index in [0.29, 0.717) is 55.7 Å². The molecule has 6 nitrogen and oxygen atoms in total. The highest BCUT2D eigenvalue weighted by Crippen LogP contribution is 2.37. The Bertz CT molecular complexity index is 821. The average molecular weight is 376 g/mol. The zero-order valence-corrected chi connectivity index (χ0v) is 15.7. The number of aromatic nitrogens is 1. The third-order valence-corrected chi connectivity index (χ3v) is 5.30. The van der Waals surface area contributed by atoms with E-state index < -0.39 is 5.41 Å². The predicted octanol–water partition coefficient (Wildman–Crippen LogP) is 2.17. The second-order valence-corrected chi connectivity index (χ2v) is 7.03. The van der Waals surface area contributed by atoms with Crippen molar-refractivity contribution >= 4 is 16.9 Å². The standard InChI is InChI=1S/C20H25FN2O4/c1-26-14-5-6-18-16(10-14)15(17(21)11-22-18)4-3-7-20(19(25)27-2)12-23(13-20)8-9-24/h5-6,10-11,24H,3-4,7-9,12-13H2,1-2H3. The molecule has 0 saturated carbocycles. The van der Waals surface area contributed by atoms with Crippen LogP contribution >= 0.6 is 0 Å². The van der Waals surface area contributed by atoms with Gasteiger partial charge in [-0.2, -0.15) is 0 Å². The molecule has 0 radical (unpaired) electrons. The predicted molar refractivity (Wildman–Crippen MR) is 99.2 cm³/mol. The number of halogens is 1. The fourth-order valence-electron chi connectivity index (χ4n) is 3.90. The number of rotatable bonds is 8. The minimum atomic E-state index is -0.569. The summed E-state index contributed by atoms with van der Waals surface area (Å²) < 4.78 is 24.7. The average Bonchev–Trinajstić information content (AvgIpc) is 2.66. The highest BCUT2D eigenvalue weighted by molar-refractivity contribution is 5.83. The summed E-state index contributed by atoms with van der Waals surface area (Å²) in [5.74, 6) is 0.0672. The first-order valence-electron chi connectivity index (χ1n) is 9.06. The summed E-state index contributed by atoms with van der Waals surface area (Å²) >= 11 is 0. The number of β-amino-alcohol motifs (C(OH)–C–C–N with tert-alkyl or cyclic N) is 1. The van der Waals surface area contributed by atoms with Crippen molar-refractivity contribution in [3.05, 3.63) is 35.8 Å². The molecular weight excluding hydrogens is 351 g/mol. The molecule has 2 aromatic rings. The molecule has 1 aromatic heterocycles. The van der Waals surface area contributed by atoms with Crippen LogP contribution in [0.2, 0.25) is 0 Å². The summed E-state index contributed by atoms with van der Waals surface area (Å²) in [6, 6.07) is 5.41. The molecule has 7 heteroatoms. The largest absolute Gasteiger partial charge is 0.497 e. The van der Waals surface area contributed by atoms with Crippen LogP contribution in [0.4, 0.5) is 4.39 Å². The van der Waals surface area contributed by atoms with Gasteiger partial charge >= 0.3 is 5.97 Å². The lowest BCUT2D eigenvalue weighted by molar-refractivity contribution is -0.165.